The number of methoxy groups -OCH3 is 2. The lowest BCUT2D eigenvalue weighted by molar-refractivity contribution is 0.398. The average Bonchev–Trinajstić information content (AvgIpc) is 2.42. The predicted octanol–water partition coefficient (Wildman–Crippen LogP) is 3.51. The summed E-state index contributed by atoms with van der Waals surface area (Å²) in [6.07, 6.45) is 0. The number of aromatic amines is 1. The molecule has 1 aromatic heterocycles. The molecular weight excluding hydrogens is 302 g/mol. The zero-order valence-corrected chi connectivity index (χ0v) is 14.9. The van der Waals surface area contributed by atoms with E-state index in [1.54, 1.807) is 38.1 Å². The summed E-state index contributed by atoms with van der Waals surface area (Å²) in [6, 6.07) is 5.32. The van der Waals surface area contributed by atoms with E-state index >= 15 is 0 Å². The maximum absolute atomic E-state index is 11.9. The summed E-state index contributed by atoms with van der Waals surface area (Å²) in [5.41, 5.74) is -0.107. The molecule has 0 spiro atoms. The van der Waals surface area contributed by atoms with Crippen LogP contribution in [-0.4, -0.2) is 32.7 Å². The van der Waals surface area contributed by atoms with Gasteiger partial charge in [0.1, 0.15) is 11.5 Å². The molecule has 0 aliphatic heterocycles. The van der Waals surface area contributed by atoms with Gasteiger partial charge in [0.05, 0.1) is 27.3 Å². The molecule has 0 amide bonds. The number of rotatable bonds is 5. The molecule has 1 heterocycles. The van der Waals surface area contributed by atoms with Gasteiger partial charge in [-0.1, -0.05) is 19.6 Å². The first kappa shape index (κ1) is 16.0. The Morgan fingerprint density at radius 2 is 1.81 bits per heavy atom. The van der Waals surface area contributed by atoms with Gasteiger partial charge in [-0.25, -0.2) is 0 Å². The number of nitrogens with one attached hydrogen (secondary N) is 1. The molecule has 6 heteroatoms. The summed E-state index contributed by atoms with van der Waals surface area (Å²) in [6.45, 7) is 6.93. The summed E-state index contributed by atoms with van der Waals surface area (Å²) in [7, 11) is 2.02. The van der Waals surface area contributed by atoms with Crippen molar-refractivity contribution >= 4 is 30.6 Å². The van der Waals surface area contributed by atoms with Crippen molar-refractivity contribution in [1.29, 1.82) is 0 Å². The first-order valence-electron chi connectivity index (χ1n) is 6.76. The molecule has 0 saturated carbocycles. The fourth-order valence-corrected chi connectivity index (χ4v) is 4.78. The third-order valence-corrected chi connectivity index (χ3v) is 7.63. The van der Waals surface area contributed by atoms with Crippen LogP contribution in [0.15, 0.2) is 28.0 Å². The molecule has 1 N–H and O–H groups in total. The Kier molecular flexibility index (Phi) is 4.68. The molecule has 0 bridgehead atoms. The smallest absolute Gasteiger partial charge is 0.249 e. The van der Waals surface area contributed by atoms with Crippen LogP contribution in [0.3, 0.4) is 0 Å². The Morgan fingerprint density at radius 3 is 2.38 bits per heavy atom. The van der Waals surface area contributed by atoms with Crippen LogP contribution in [0.25, 0.3) is 10.8 Å². The minimum Gasteiger partial charge on any atom is -0.497 e. The Hall–Kier alpha value is -1.40. The SMILES string of the molecule is COc1cc(OC)c2cc(=O)[nH]c(SC[Si](C)(C)C)c2c1. The summed E-state index contributed by atoms with van der Waals surface area (Å²) >= 11 is 1.70. The highest BCUT2D eigenvalue weighted by atomic mass is 32.2. The summed E-state index contributed by atoms with van der Waals surface area (Å²) in [5.74, 6) is 1.38. The molecule has 0 radical (unpaired) electrons. The number of ether oxygens (including phenoxy) is 2. The van der Waals surface area contributed by atoms with Crippen LogP contribution in [0.1, 0.15) is 0 Å². The number of aromatic nitrogens is 1. The number of hydrogen-bond donors (Lipinski definition) is 1. The van der Waals surface area contributed by atoms with E-state index in [1.165, 1.54) is 0 Å². The van der Waals surface area contributed by atoms with E-state index in [-0.39, 0.29) is 5.56 Å². The number of benzene rings is 1. The van der Waals surface area contributed by atoms with Gasteiger partial charge in [0, 0.05) is 22.9 Å². The van der Waals surface area contributed by atoms with Gasteiger partial charge in [-0.05, 0) is 11.4 Å². The van der Waals surface area contributed by atoms with Crippen molar-refractivity contribution < 1.29 is 9.47 Å². The van der Waals surface area contributed by atoms with Crippen molar-refractivity contribution in [3.05, 3.63) is 28.6 Å². The second-order valence-corrected chi connectivity index (χ2v) is 13.1. The number of fused-ring (bicyclic) bond motifs is 1. The molecule has 1 aromatic carbocycles. The molecule has 0 unspecified atom stereocenters. The maximum atomic E-state index is 11.9. The van der Waals surface area contributed by atoms with Crippen LogP contribution >= 0.6 is 11.8 Å². The van der Waals surface area contributed by atoms with Crippen LogP contribution in [0, 0.1) is 0 Å². The molecule has 0 fully saturated rings. The average molecular weight is 323 g/mol. The van der Waals surface area contributed by atoms with E-state index in [1.807, 2.05) is 6.07 Å². The molecule has 0 aliphatic rings. The van der Waals surface area contributed by atoms with E-state index in [0.29, 0.717) is 5.75 Å². The zero-order chi connectivity index (χ0) is 15.6. The van der Waals surface area contributed by atoms with Crippen molar-refractivity contribution in [3.8, 4) is 11.5 Å². The van der Waals surface area contributed by atoms with Crippen molar-refractivity contribution in [2.75, 3.05) is 19.6 Å². The number of thioether (sulfide) groups is 1. The van der Waals surface area contributed by atoms with Gasteiger partial charge in [0.15, 0.2) is 0 Å². The van der Waals surface area contributed by atoms with Gasteiger partial charge in [-0.15, -0.1) is 11.8 Å². The van der Waals surface area contributed by atoms with E-state index in [9.17, 15) is 4.79 Å². The van der Waals surface area contributed by atoms with E-state index in [0.717, 1.165) is 26.9 Å². The third kappa shape index (κ3) is 3.82. The van der Waals surface area contributed by atoms with Gasteiger partial charge < -0.3 is 14.5 Å². The first-order chi connectivity index (χ1) is 9.84. The highest BCUT2D eigenvalue weighted by Gasteiger charge is 2.16. The predicted molar refractivity (Wildman–Crippen MR) is 91.7 cm³/mol. The van der Waals surface area contributed by atoms with Crippen LogP contribution in [-0.2, 0) is 0 Å². The summed E-state index contributed by atoms with van der Waals surface area (Å²) in [5, 5.41) is 3.72. The third-order valence-electron chi connectivity index (χ3n) is 2.98. The lowest BCUT2D eigenvalue weighted by atomic mass is 10.1. The molecule has 0 aliphatic carbocycles. The van der Waals surface area contributed by atoms with Crippen LogP contribution in [0.5, 0.6) is 11.5 Å². The fourth-order valence-electron chi connectivity index (χ4n) is 1.97. The highest BCUT2D eigenvalue weighted by Crippen LogP contribution is 2.35. The Bertz CT molecular complexity index is 706. The maximum Gasteiger partial charge on any atom is 0.249 e. The Balaban J connectivity index is 2.61. The first-order valence-corrected chi connectivity index (χ1v) is 11.4. The minimum absolute atomic E-state index is 0.107. The Morgan fingerprint density at radius 1 is 1.10 bits per heavy atom. The number of pyridine rings is 1. The molecular formula is C15H21NO3SSi. The zero-order valence-electron chi connectivity index (χ0n) is 13.1. The van der Waals surface area contributed by atoms with Crippen LogP contribution in [0.4, 0.5) is 0 Å². The lowest BCUT2D eigenvalue weighted by Crippen LogP contribution is -2.24. The van der Waals surface area contributed by atoms with E-state index < -0.39 is 8.07 Å². The quantitative estimate of drug-likeness (QED) is 0.676. The van der Waals surface area contributed by atoms with Gasteiger partial charge >= 0.3 is 0 Å². The second kappa shape index (κ2) is 6.15. The number of H-pyrrole nitrogens is 1. The molecule has 0 saturated heterocycles. The van der Waals surface area contributed by atoms with E-state index in [4.69, 9.17) is 9.47 Å². The van der Waals surface area contributed by atoms with Gasteiger partial charge in [0.2, 0.25) is 5.56 Å². The monoisotopic (exact) mass is 323 g/mol. The number of hydrogen-bond acceptors (Lipinski definition) is 4. The van der Waals surface area contributed by atoms with Gasteiger partial charge in [-0.2, -0.15) is 0 Å². The molecule has 0 atom stereocenters. The van der Waals surface area contributed by atoms with Crippen molar-refractivity contribution in [2.24, 2.45) is 0 Å². The molecule has 2 aromatic rings. The molecule has 4 nitrogen and oxygen atoms in total. The topological polar surface area (TPSA) is 51.3 Å². The van der Waals surface area contributed by atoms with E-state index in [2.05, 4.69) is 24.6 Å². The molecule has 21 heavy (non-hydrogen) atoms. The Labute approximate surface area is 129 Å². The van der Waals surface area contributed by atoms with Crippen molar-refractivity contribution in [2.45, 2.75) is 24.7 Å². The van der Waals surface area contributed by atoms with Gasteiger partial charge in [-0.3, -0.25) is 4.79 Å². The largest absolute Gasteiger partial charge is 0.497 e. The fraction of sp³-hybridized carbons (Fsp3) is 0.400. The summed E-state index contributed by atoms with van der Waals surface area (Å²) < 4.78 is 10.7. The van der Waals surface area contributed by atoms with Crippen molar-refractivity contribution in [1.82, 2.24) is 4.98 Å². The lowest BCUT2D eigenvalue weighted by Gasteiger charge is -2.16. The van der Waals surface area contributed by atoms with Crippen molar-refractivity contribution in [3.63, 3.8) is 0 Å². The standard InChI is InChI=1S/C15H21NO3SSi/c1-18-10-6-12-11(13(7-10)19-2)8-14(17)16-15(12)20-9-21(3,4)5/h6-8H,9H2,1-5H3,(H,16,17). The highest BCUT2D eigenvalue weighted by molar-refractivity contribution is 8.01. The van der Waals surface area contributed by atoms with Crippen LogP contribution < -0.4 is 15.0 Å². The normalized spacial score (nSPS) is 11.7. The second-order valence-electron chi connectivity index (χ2n) is 6.10. The summed E-state index contributed by atoms with van der Waals surface area (Å²) in [4.78, 5) is 14.9. The minimum atomic E-state index is -1.21. The molecule has 114 valence electrons. The molecule has 2 rings (SSSR count). The van der Waals surface area contributed by atoms with Crippen LogP contribution in [0.2, 0.25) is 19.6 Å². The van der Waals surface area contributed by atoms with Gasteiger partial charge in [0.25, 0.3) is 0 Å².